The third-order valence-corrected chi connectivity index (χ3v) is 4.01. The molecule has 0 nitrogen and oxygen atoms in total. The fourth-order valence-corrected chi connectivity index (χ4v) is 3.18. The molecule has 2 atom stereocenters. The highest BCUT2D eigenvalue weighted by Crippen LogP contribution is 2.44. The van der Waals surface area contributed by atoms with Crippen molar-refractivity contribution >= 4 is 0 Å². The summed E-state index contributed by atoms with van der Waals surface area (Å²) < 4.78 is 0. The van der Waals surface area contributed by atoms with Crippen molar-refractivity contribution in [3.8, 4) is 0 Å². The van der Waals surface area contributed by atoms with E-state index in [-0.39, 0.29) is 0 Å². The van der Waals surface area contributed by atoms with Gasteiger partial charge in [-0.25, -0.2) is 0 Å². The van der Waals surface area contributed by atoms with Crippen molar-refractivity contribution in [2.45, 2.75) is 46.0 Å². The van der Waals surface area contributed by atoms with E-state index in [2.05, 4.69) is 45.0 Å². The Labute approximate surface area is 93.7 Å². The van der Waals surface area contributed by atoms with Crippen LogP contribution >= 0.6 is 0 Å². The molecule has 0 heterocycles. The van der Waals surface area contributed by atoms with Crippen LogP contribution in [0.3, 0.4) is 0 Å². The van der Waals surface area contributed by atoms with E-state index < -0.39 is 0 Å². The zero-order chi connectivity index (χ0) is 10.8. The third kappa shape index (κ3) is 2.09. The summed E-state index contributed by atoms with van der Waals surface area (Å²) in [6.07, 6.45) is 4.24. The van der Waals surface area contributed by atoms with Gasteiger partial charge in [0, 0.05) is 0 Å². The molecule has 1 aromatic carbocycles. The quantitative estimate of drug-likeness (QED) is 0.660. The molecule has 1 aliphatic carbocycles. The highest BCUT2D eigenvalue weighted by atomic mass is 14.4. The third-order valence-electron chi connectivity index (χ3n) is 4.01. The van der Waals surface area contributed by atoms with E-state index in [9.17, 15) is 0 Å². The van der Waals surface area contributed by atoms with Crippen LogP contribution in [0.2, 0.25) is 0 Å². The lowest BCUT2D eigenvalue weighted by molar-refractivity contribution is 0.357. The number of hydrogen-bond donors (Lipinski definition) is 0. The topological polar surface area (TPSA) is 0 Å². The highest BCUT2D eigenvalue weighted by molar-refractivity contribution is 5.30. The van der Waals surface area contributed by atoms with Crippen LogP contribution in [-0.2, 0) is 0 Å². The Hall–Kier alpha value is -0.780. The summed E-state index contributed by atoms with van der Waals surface area (Å²) >= 11 is 0. The molecule has 1 aromatic rings. The molecule has 2 rings (SSSR count). The predicted octanol–water partition coefficient (Wildman–Crippen LogP) is 4.53. The molecular weight excluding hydrogens is 180 g/mol. The first-order valence-corrected chi connectivity index (χ1v) is 6.25. The summed E-state index contributed by atoms with van der Waals surface area (Å²) in [6.45, 7) is 7.01. The van der Waals surface area contributed by atoms with Gasteiger partial charge in [0.2, 0.25) is 0 Å². The Morgan fingerprint density at radius 1 is 1.13 bits per heavy atom. The van der Waals surface area contributed by atoms with Crippen molar-refractivity contribution in [1.82, 2.24) is 0 Å². The Bertz CT molecular complexity index is 325. The lowest BCUT2D eigenvalue weighted by Crippen LogP contribution is -2.13. The lowest BCUT2D eigenvalue weighted by atomic mass is 9.80. The molecule has 0 radical (unpaired) electrons. The molecule has 0 N–H and O–H groups in total. The summed E-state index contributed by atoms with van der Waals surface area (Å²) in [5.74, 6) is 2.56. The summed E-state index contributed by atoms with van der Waals surface area (Å²) in [5, 5.41) is 0. The average molecular weight is 202 g/mol. The molecule has 0 spiro atoms. The van der Waals surface area contributed by atoms with Gasteiger partial charge in [-0.15, -0.1) is 0 Å². The van der Waals surface area contributed by atoms with Crippen LogP contribution in [0.1, 0.15) is 50.2 Å². The largest absolute Gasteiger partial charge is 0.0625 e. The Balaban J connectivity index is 2.27. The molecule has 0 amide bonds. The van der Waals surface area contributed by atoms with Gasteiger partial charge in [-0.3, -0.25) is 0 Å². The maximum atomic E-state index is 2.38. The van der Waals surface area contributed by atoms with Crippen molar-refractivity contribution < 1.29 is 0 Å². The molecular formula is C15H22. The number of rotatable bonds is 2. The maximum absolute atomic E-state index is 2.38. The first-order chi connectivity index (χ1) is 7.20. The standard InChI is InChI=1S/C15H22/c1-11(2)13-9-6-10-15(13)14-8-5-4-7-12(14)3/h4-5,7-8,11,13,15H,6,9-10H2,1-3H3. The predicted molar refractivity (Wildman–Crippen MR) is 66.1 cm³/mol. The van der Waals surface area contributed by atoms with E-state index in [1.807, 2.05) is 0 Å². The zero-order valence-electron chi connectivity index (χ0n) is 10.2. The van der Waals surface area contributed by atoms with Gasteiger partial charge in [0.1, 0.15) is 0 Å². The van der Waals surface area contributed by atoms with Crippen LogP contribution in [0, 0.1) is 18.8 Å². The minimum Gasteiger partial charge on any atom is -0.0625 e. The molecule has 2 unspecified atom stereocenters. The van der Waals surface area contributed by atoms with Crippen molar-refractivity contribution in [3.05, 3.63) is 35.4 Å². The second-order valence-corrected chi connectivity index (χ2v) is 5.30. The van der Waals surface area contributed by atoms with Crippen LogP contribution in [0.25, 0.3) is 0 Å². The van der Waals surface area contributed by atoms with E-state index in [1.54, 1.807) is 5.56 Å². The smallest absolute Gasteiger partial charge is 0.0129 e. The SMILES string of the molecule is Cc1ccccc1C1CCCC1C(C)C. The molecule has 1 fully saturated rings. The summed E-state index contributed by atoms with van der Waals surface area (Å²) in [5.41, 5.74) is 3.09. The van der Waals surface area contributed by atoms with Gasteiger partial charge in [0.25, 0.3) is 0 Å². The molecule has 0 bridgehead atoms. The monoisotopic (exact) mass is 202 g/mol. The van der Waals surface area contributed by atoms with Gasteiger partial charge in [-0.05, 0) is 48.6 Å². The van der Waals surface area contributed by atoms with Crippen LogP contribution in [0.5, 0.6) is 0 Å². The van der Waals surface area contributed by atoms with Crippen molar-refractivity contribution in [1.29, 1.82) is 0 Å². The Morgan fingerprint density at radius 2 is 1.87 bits per heavy atom. The molecule has 82 valence electrons. The Morgan fingerprint density at radius 3 is 2.53 bits per heavy atom. The molecule has 1 aliphatic rings. The first kappa shape index (κ1) is 10.7. The zero-order valence-corrected chi connectivity index (χ0v) is 10.2. The van der Waals surface area contributed by atoms with E-state index in [0.29, 0.717) is 0 Å². The fourth-order valence-electron chi connectivity index (χ4n) is 3.18. The van der Waals surface area contributed by atoms with Crippen molar-refractivity contribution in [3.63, 3.8) is 0 Å². The van der Waals surface area contributed by atoms with E-state index in [4.69, 9.17) is 0 Å². The van der Waals surface area contributed by atoms with Gasteiger partial charge in [0.05, 0.1) is 0 Å². The number of benzene rings is 1. The number of aryl methyl sites for hydroxylation is 1. The van der Waals surface area contributed by atoms with E-state index in [1.165, 1.54) is 24.8 Å². The highest BCUT2D eigenvalue weighted by Gasteiger charge is 2.31. The van der Waals surface area contributed by atoms with Crippen molar-refractivity contribution in [2.75, 3.05) is 0 Å². The molecule has 1 saturated carbocycles. The molecule has 15 heavy (non-hydrogen) atoms. The van der Waals surface area contributed by atoms with Crippen LogP contribution < -0.4 is 0 Å². The van der Waals surface area contributed by atoms with E-state index >= 15 is 0 Å². The first-order valence-electron chi connectivity index (χ1n) is 6.25. The van der Waals surface area contributed by atoms with Crippen molar-refractivity contribution in [2.24, 2.45) is 11.8 Å². The molecule has 0 aromatic heterocycles. The maximum Gasteiger partial charge on any atom is -0.0129 e. The normalized spacial score (nSPS) is 26.1. The Kier molecular flexibility index (Phi) is 3.14. The number of hydrogen-bond acceptors (Lipinski definition) is 0. The minimum absolute atomic E-state index is 0.825. The van der Waals surface area contributed by atoms with Gasteiger partial charge >= 0.3 is 0 Å². The summed E-state index contributed by atoms with van der Waals surface area (Å²) in [6, 6.07) is 8.93. The van der Waals surface area contributed by atoms with Gasteiger partial charge in [-0.1, -0.05) is 44.5 Å². The minimum atomic E-state index is 0.825. The van der Waals surface area contributed by atoms with E-state index in [0.717, 1.165) is 17.8 Å². The van der Waals surface area contributed by atoms with Gasteiger partial charge < -0.3 is 0 Å². The lowest BCUT2D eigenvalue weighted by Gasteiger charge is -2.24. The second kappa shape index (κ2) is 4.38. The van der Waals surface area contributed by atoms with Crippen LogP contribution in [0.15, 0.2) is 24.3 Å². The summed E-state index contributed by atoms with van der Waals surface area (Å²) in [4.78, 5) is 0. The molecule has 0 saturated heterocycles. The van der Waals surface area contributed by atoms with Gasteiger partial charge in [0.15, 0.2) is 0 Å². The molecule has 0 aliphatic heterocycles. The summed E-state index contributed by atoms with van der Waals surface area (Å²) in [7, 11) is 0. The van der Waals surface area contributed by atoms with Gasteiger partial charge in [-0.2, -0.15) is 0 Å². The second-order valence-electron chi connectivity index (χ2n) is 5.30. The molecule has 0 heteroatoms. The average Bonchev–Trinajstić information content (AvgIpc) is 2.67. The van der Waals surface area contributed by atoms with Crippen LogP contribution in [-0.4, -0.2) is 0 Å². The van der Waals surface area contributed by atoms with Crippen LogP contribution in [0.4, 0.5) is 0 Å². The fraction of sp³-hybridized carbons (Fsp3) is 0.600.